The zero-order valence-corrected chi connectivity index (χ0v) is 14.8. The van der Waals surface area contributed by atoms with E-state index in [0.29, 0.717) is 16.5 Å². The molecule has 1 fully saturated rings. The summed E-state index contributed by atoms with van der Waals surface area (Å²) in [5.41, 5.74) is 2.14. The maximum absolute atomic E-state index is 14.1. The van der Waals surface area contributed by atoms with E-state index in [1.165, 1.54) is 5.56 Å². The van der Waals surface area contributed by atoms with Crippen LogP contribution in [0.5, 0.6) is 0 Å². The van der Waals surface area contributed by atoms with Crippen molar-refractivity contribution in [2.24, 2.45) is 0 Å². The van der Waals surface area contributed by atoms with Gasteiger partial charge in [0, 0.05) is 27.6 Å². The molecule has 2 aromatic carbocycles. The topological polar surface area (TPSA) is 12.0 Å². The maximum Gasteiger partial charge on any atom is 0.127 e. The van der Waals surface area contributed by atoms with Gasteiger partial charge in [0.1, 0.15) is 5.82 Å². The van der Waals surface area contributed by atoms with Gasteiger partial charge < -0.3 is 5.32 Å². The van der Waals surface area contributed by atoms with Crippen LogP contribution in [0.15, 0.2) is 53.0 Å². The van der Waals surface area contributed by atoms with Crippen LogP contribution in [0.3, 0.4) is 0 Å². The highest BCUT2D eigenvalue weighted by Gasteiger charge is 2.29. The molecule has 1 aliphatic rings. The average Bonchev–Trinajstić information content (AvgIpc) is 2.53. The molecule has 22 heavy (non-hydrogen) atoms. The van der Waals surface area contributed by atoms with Gasteiger partial charge in [-0.1, -0.05) is 52.3 Å². The number of hydrogen-bond donors (Lipinski definition) is 1. The van der Waals surface area contributed by atoms with Gasteiger partial charge in [0.05, 0.1) is 0 Å². The SMILES string of the molecule is CC1NCC(c2ccccc2)SC1Cc1ccc(Br)cc1F. The monoisotopic (exact) mass is 379 g/mol. The Morgan fingerprint density at radius 3 is 2.73 bits per heavy atom. The van der Waals surface area contributed by atoms with E-state index < -0.39 is 0 Å². The summed E-state index contributed by atoms with van der Waals surface area (Å²) < 4.78 is 14.9. The smallest absolute Gasteiger partial charge is 0.127 e. The fourth-order valence-electron chi connectivity index (χ4n) is 2.79. The van der Waals surface area contributed by atoms with Gasteiger partial charge in [-0.05, 0) is 36.6 Å². The Balaban J connectivity index is 1.74. The minimum absolute atomic E-state index is 0.121. The van der Waals surface area contributed by atoms with E-state index in [1.54, 1.807) is 6.07 Å². The summed E-state index contributed by atoms with van der Waals surface area (Å²) in [4.78, 5) is 0. The van der Waals surface area contributed by atoms with Gasteiger partial charge in [-0.25, -0.2) is 4.39 Å². The van der Waals surface area contributed by atoms with Crippen molar-refractivity contribution in [3.8, 4) is 0 Å². The molecule has 1 nitrogen and oxygen atoms in total. The number of rotatable bonds is 3. The molecule has 0 aromatic heterocycles. The Kier molecular flexibility index (Phi) is 5.21. The number of hydrogen-bond acceptors (Lipinski definition) is 2. The Morgan fingerprint density at radius 2 is 2.00 bits per heavy atom. The van der Waals surface area contributed by atoms with Crippen molar-refractivity contribution >= 4 is 27.7 Å². The van der Waals surface area contributed by atoms with Gasteiger partial charge in [-0.3, -0.25) is 0 Å². The minimum atomic E-state index is -0.121. The summed E-state index contributed by atoms with van der Waals surface area (Å²) in [7, 11) is 0. The zero-order valence-electron chi connectivity index (χ0n) is 12.4. The molecule has 0 radical (unpaired) electrons. The van der Waals surface area contributed by atoms with Crippen molar-refractivity contribution in [1.29, 1.82) is 0 Å². The van der Waals surface area contributed by atoms with Crippen LogP contribution in [0, 0.1) is 5.82 Å². The number of nitrogens with one attached hydrogen (secondary N) is 1. The van der Waals surface area contributed by atoms with Gasteiger partial charge in [-0.15, -0.1) is 11.8 Å². The normalized spacial score (nSPS) is 25.1. The van der Waals surface area contributed by atoms with Gasteiger partial charge in [0.2, 0.25) is 0 Å². The van der Waals surface area contributed by atoms with Gasteiger partial charge in [-0.2, -0.15) is 0 Å². The Hall–Kier alpha value is -0.840. The van der Waals surface area contributed by atoms with Crippen LogP contribution in [0.1, 0.15) is 23.3 Å². The first-order valence-corrected chi connectivity index (χ1v) is 9.25. The fraction of sp³-hybridized carbons (Fsp3) is 0.333. The molecule has 116 valence electrons. The van der Waals surface area contributed by atoms with Crippen molar-refractivity contribution in [2.75, 3.05) is 6.54 Å². The molecule has 0 bridgehead atoms. The highest BCUT2D eigenvalue weighted by Crippen LogP contribution is 2.38. The second-order valence-corrected chi connectivity index (χ2v) is 8.07. The molecular weight excluding hydrogens is 361 g/mol. The highest BCUT2D eigenvalue weighted by atomic mass is 79.9. The average molecular weight is 380 g/mol. The Labute approximate surface area is 143 Å². The van der Waals surface area contributed by atoms with Crippen molar-refractivity contribution in [1.82, 2.24) is 5.32 Å². The lowest BCUT2D eigenvalue weighted by Crippen LogP contribution is -2.43. The fourth-order valence-corrected chi connectivity index (χ4v) is 4.66. The zero-order chi connectivity index (χ0) is 15.5. The van der Waals surface area contributed by atoms with E-state index in [2.05, 4.69) is 52.4 Å². The van der Waals surface area contributed by atoms with Crippen molar-refractivity contribution in [2.45, 2.75) is 29.9 Å². The third-order valence-electron chi connectivity index (χ3n) is 4.13. The van der Waals surface area contributed by atoms with E-state index in [9.17, 15) is 4.39 Å². The molecule has 0 spiro atoms. The highest BCUT2D eigenvalue weighted by molar-refractivity contribution is 9.10. The number of benzene rings is 2. The second kappa shape index (κ2) is 7.16. The molecule has 0 saturated carbocycles. The second-order valence-electron chi connectivity index (χ2n) is 5.71. The lowest BCUT2D eigenvalue weighted by molar-refractivity contribution is 0.496. The molecule has 3 rings (SSSR count). The molecule has 1 N–H and O–H groups in total. The lowest BCUT2D eigenvalue weighted by Gasteiger charge is -2.35. The van der Waals surface area contributed by atoms with E-state index in [0.717, 1.165) is 23.0 Å². The van der Waals surface area contributed by atoms with Crippen molar-refractivity contribution in [3.05, 3.63) is 69.9 Å². The third-order valence-corrected chi connectivity index (χ3v) is 6.31. The van der Waals surface area contributed by atoms with Gasteiger partial charge >= 0.3 is 0 Å². The van der Waals surface area contributed by atoms with Crippen molar-refractivity contribution < 1.29 is 4.39 Å². The lowest BCUT2D eigenvalue weighted by atomic mass is 10.0. The van der Waals surface area contributed by atoms with Crippen LogP contribution in [0.2, 0.25) is 0 Å². The molecule has 2 aromatic rings. The molecule has 4 heteroatoms. The largest absolute Gasteiger partial charge is 0.312 e. The van der Waals surface area contributed by atoms with Crippen LogP contribution in [0.25, 0.3) is 0 Å². The molecule has 0 aliphatic carbocycles. The van der Waals surface area contributed by atoms with Gasteiger partial charge in [0.15, 0.2) is 0 Å². The van der Waals surface area contributed by atoms with Gasteiger partial charge in [0.25, 0.3) is 0 Å². The predicted molar refractivity (Wildman–Crippen MR) is 95.8 cm³/mol. The molecule has 1 aliphatic heterocycles. The molecule has 1 saturated heterocycles. The first kappa shape index (κ1) is 16.0. The van der Waals surface area contributed by atoms with E-state index >= 15 is 0 Å². The summed E-state index contributed by atoms with van der Waals surface area (Å²) in [6.45, 7) is 3.16. The summed E-state index contributed by atoms with van der Waals surface area (Å²) in [6.07, 6.45) is 0.751. The van der Waals surface area contributed by atoms with Crippen LogP contribution < -0.4 is 5.32 Å². The van der Waals surface area contributed by atoms with Crippen LogP contribution >= 0.6 is 27.7 Å². The molecular formula is C18H19BrFNS. The van der Waals surface area contributed by atoms with Crippen LogP contribution in [-0.4, -0.2) is 17.8 Å². The molecule has 0 amide bonds. The quantitative estimate of drug-likeness (QED) is 0.807. The summed E-state index contributed by atoms with van der Waals surface area (Å²) in [6, 6.07) is 16.3. The molecule has 3 atom stereocenters. The maximum atomic E-state index is 14.1. The Bertz CT molecular complexity index is 634. The van der Waals surface area contributed by atoms with E-state index in [-0.39, 0.29) is 5.82 Å². The van der Waals surface area contributed by atoms with Crippen LogP contribution in [0.4, 0.5) is 4.39 Å². The first-order valence-electron chi connectivity index (χ1n) is 7.51. The molecule has 1 heterocycles. The van der Waals surface area contributed by atoms with Crippen LogP contribution in [-0.2, 0) is 6.42 Å². The third kappa shape index (κ3) is 3.73. The predicted octanol–water partition coefficient (Wildman–Crippen LogP) is 4.97. The van der Waals surface area contributed by atoms with E-state index in [4.69, 9.17) is 0 Å². The number of halogens is 2. The standard InChI is InChI=1S/C18H19BrFNS/c1-12-17(9-14-7-8-15(19)10-16(14)20)22-18(11-21-12)13-5-3-2-4-6-13/h2-8,10,12,17-18,21H,9,11H2,1H3. The Morgan fingerprint density at radius 1 is 1.23 bits per heavy atom. The summed E-state index contributed by atoms with van der Waals surface area (Å²) in [5, 5.41) is 4.38. The summed E-state index contributed by atoms with van der Waals surface area (Å²) >= 11 is 5.28. The van der Waals surface area contributed by atoms with E-state index in [1.807, 2.05) is 30.0 Å². The number of thioether (sulfide) groups is 1. The van der Waals surface area contributed by atoms with Crippen molar-refractivity contribution in [3.63, 3.8) is 0 Å². The minimum Gasteiger partial charge on any atom is -0.312 e. The molecule has 3 unspecified atom stereocenters. The first-order chi connectivity index (χ1) is 10.6. The summed E-state index contributed by atoms with van der Waals surface area (Å²) in [5.74, 6) is -0.121.